The monoisotopic (exact) mass is 219 g/mol. The van der Waals surface area contributed by atoms with Gasteiger partial charge in [-0.05, 0) is 56.5 Å². The van der Waals surface area contributed by atoms with Crippen molar-refractivity contribution in [3.05, 3.63) is 29.8 Å². The first kappa shape index (κ1) is 11.5. The molecule has 0 unspecified atom stereocenters. The zero-order valence-corrected chi connectivity index (χ0v) is 10.0. The van der Waals surface area contributed by atoms with Crippen LogP contribution in [-0.2, 0) is 6.42 Å². The summed E-state index contributed by atoms with van der Waals surface area (Å²) in [6.07, 6.45) is 5.28. The summed E-state index contributed by atoms with van der Waals surface area (Å²) in [7, 11) is 0. The van der Waals surface area contributed by atoms with Crippen LogP contribution in [0.4, 0.5) is 0 Å². The summed E-state index contributed by atoms with van der Waals surface area (Å²) in [4.78, 5) is 0. The average molecular weight is 219 g/mol. The van der Waals surface area contributed by atoms with Crippen molar-refractivity contribution in [2.75, 3.05) is 13.1 Å². The molecule has 2 heteroatoms. The Kier molecular flexibility index (Phi) is 4.23. The number of benzene rings is 1. The Balaban J connectivity index is 1.78. The van der Waals surface area contributed by atoms with Crippen LogP contribution in [0.15, 0.2) is 24.3 Å². The highest BCUT2D eigenvalue weighted by molar-refractivity contribution is 5.29. The Morgan fingerprint density at radius 2 is 2.25 bits per heavy atom. The van der Waals surface area contributed by atoms with Gasteiger partial charge in [0.1, 0.15) is 5.75 Å². The van der Waals surface area contributed by atoms with Crippen LogP contribution in [0.5, 0.6) is 5.75 Å². The van der Waals surface area contributed by atoms with Crippen LogP contribution in [0.2, 0.25) is 0 Å². The molecule has 2 nitrogen and oxygen atoms in total. The van der Waals surface area contributed by atoms with E-state index in [4.69, 9.17) is 4.74 Å². The molecule has 1 aliphatic carbocycles. The first-order valence-electron chi connectivity index (χ1n) is 6.35. The highest BCUT2D eigenvalue weighted by atomic mass is 16.5. The molecule has 0 heterocycles. The van der Waals surface area contributed by atoms with Gasteiger partial charge in [0.2, 0.25) is 0 Å². The lowest BCUT2D eigenvalue weighted by Gasteiger charge is -2.07. The van der Waals surface area contributed by atoms with Gasteiger partial charge in [-0.3, -0.25) is 0 Å². The summed E-state index contributed by atoms with van der Waals surface area (Å²) in [5.41, 5.74) is 1.39. The van der Waals surface area contributed by atoms with Crippen molar-refractivity contribution in [3.8, 4) is 5.75 Å². The average Bonchev–Trinajstić information content (AvgIpc) is 3.09. The molecule has 0 aliphatic heterocycles. The van der Waals surface area contributed by atoms with E-state index in [1.807, 2.05) is 0 Å². The molecule has 1 aromatic rings. The predicted octanol–water partition coefficient (Wildman–Crippen LogP) is 2.77. The van der Waals surface area contributed by atoms with Crippen molar-refractivity contribution in [2.45, 2.75) is 38.7 Å². The van der Waals surface area contributed by atoms with Gasteiger partial charge in [-0.1, -0.05) is 19.1 Å². The van der Waals surface area contributed by atoms with Crippen molar-refractivity contribution in [1.29, 1.82) is 0 Å². The second-order valence-corrected chi connectivity index (χ2v) is 4.42. The van der Waals surface area contributed by atoms with Crippen LogP contribution in [0, 0.1) is 0 Å². The van der Waals surface area contributed by atoms with Gasteiger partial charge in [-0.2, -0.15) is 0 Å². The zero-order valence-electron chi connectivity index (χ0n) is 10.0. The van der Waals surface area contributed by atoms with Gasteiger partial charge < -0.3 is 10.1 Å². The second kappa shape index (κ2) is 5.90. The number of aryl methyl sites for hydroxylation is 1. The molecule has 0 saturated heterocycles. The Hall–Kier alpha value is -1.02. The lowest BCUT2D eigenvalue weighted by atomic mass is 10.1. The van der Waals surface area contributed by atoms with Gasteiger partial charge in [0.05, 0.1) is 6.10 Å². The first-order chi connectivity index (χ1) is 7.88. The largest absolute Gasteiger partial charge is 0.490 e. The minimum atomic E-state index is 0.497. The van der Waals surface area contributed by atoms with Gasteiger partial charge in [0.15, 0.2) is 0 Å². The lowest BCUT2D eigenvalue weighted by Crippen LogP contribution is -2.14. The molecule has 0 aromatic heterocycles. The van der Waals surface area contributed by atoms with Crippen LogP contribution < -0.4 is 10.1 Å². The van der Waals surface area contributed by atoms with E-state index >= 15 is 0 Å². The van der Waals surface area contributed by atoms with E-state index in [2.05, 4.69) is 36.5 Å². The van der Waals surface area contributed by atoms with Crippen molar-refractivity contribution >= 4 is 0 Å². The van der Waals surface area contributed by atoms with Crippen molar-refractivity contribution in [3.63, 3.8) is 0 Å². The predicted molar refractivity (Wildman–Crippen MR) is 67.0 cm³/mol. The van der Waals surface area contributed by atoms with Crippen molar-refractivity contribution in [2.24, 2.45) is 0 Å². The lowest BCUT2D eigenvalue weighted by molar-refractivity contribution is 0.303. The number of ether oxygens (including phenoxy) is 1. The molecule has 88 valence electrons. The van der Waals surface area contributed by atoms with Crippen LogP contribution in [0.25, 0.3) is 0 Å². The number of hydrogen-bond donors (Lipinski definition) is 1. The fraction of sp³-hybridized carbons (Fsp3) is 0.571. The summed E-state index contributed by atoms with van der Waals surface area (Å²) >= 11 is 0. The van der Waals surface area contributed by atoms with Crippen LogP contribution in [-0.4, -0.2) is 19.2 Å². The van der Waals surface area contributed by atoms with E-state index in [1.165, 1.54) is 24.8 Å². The Bertz CT molecular complexity index is 320. The molecular weight excluding hydrogens is 198 g/mol. The fourth-order valence-electron chi connectivity index (χ4n) is 1.75. The minimum Gasteiger partial charge on any atom is -0.490 e. The van der Waals surface area contributed by atoms with Crippen molar-refractivity contribution in [1.82, 2.24) is 5.32 Å². The standard InChI is InChI=1S/C14H21NO/c1-2-15-10-4-6-12-5-3-7-14(11-12)16-13-8-9-13/h3,5,7,11,13,15H,2,4,6,8-10H2,1H3. The molecule has 1 aromatic carbocycles. The molecule has 0 atom stereocenters. The topological polar surface area (TPSA) is 21.3 Å². The van der Waals surface area contributed by atoms with Crippen LogP contribution in [0.3, 0.4) is 0 Å². The Labute approximate surface area is 98.0 Å². The Morgan fingerprint density at radius 1 is 1.38 bits per heavy atom. The van der Waals surface area contributed by atoms with E-state index in [1.54, 1.807) is 0 Å². The van der Waals surface area contributed by atoms with Crippen LogP contribution >= 0.6 is 0 Å². The molecule has 0 amide bonds. The van der Waals surface area contributed by atoms with Gasteiger partial charge in [-0.25, -0.2) is 0 Å². The molecule has 1 N–H and O–H groups in total. The SMILES string of the molecule is CCNCCCc1cccc(OC2CC2)c1. The molecule has 1 saturated carbocycles. The third kappa shape index (κ3) is 3.86. The number of nitrogens with one attached hydrogen (secondary N) is 1. The number of hydrogen-bond acceptors (Lipinski definition) is 2. The van der Waals surface area contributed by atoms with Crippen molar-refractivity contribution < 1.29 is 4.74 Å². The van der Waals surface area contributed by atoms with Gasteiger partial charge in [0.25, 0.3) is 0 Å². The van der Waals surface area contributed by atoms with Crippen LogP contribution in [0.1, 0.15) is 31.7 Å². The van der Waals surface area contributed by atoms with Gasteiger partial charge in [-0.15, -0.1) is 0 Å². The molecular formula is C14H21NO. The maximum Gasteiger partial charge on any atom is 0.119 e. The molecule has 0 radical (unpaired) electrons. The smallest absolute Gasteiger partial charge is 0.119 e. The summed E-state index contributed by atoms with van der Waals surface area (Å²) in [5.74, 6) is 1.04. The highest BCUT2D eigenvalue weighted by Gasteiger charge is 2.23. The fourth-order valence-corrected chi connectivity index (χ4v) is 1.75. The summed E-state index contributed by atoms with van der Waals surface area (Å²) < 4.78 is 5.78. The molecule has 0 bridgehead atoms. The van der Waals surface area contributed by atoms with E-state index < -0.39 is 0 Å². The molecule has 2 rings (SSSR count). The summed E-state index contributed by atoms with van der Waals surface area (Å²) in [5, 5.41) is 3.34. The maximum absolute atomic E-state index is 5.78. The normalized spacial score (nSPS) is 15.1. The maximum atomic E-state index is 5.78. The van der Waals surface area contributed by atoms with E-state index in [0.717, 1.165) is 25.3 Å². The Morgan fingerprint density at radius 3 is 3.00 bits per heavy atom. The van der Waals surface area contributed by atoms with E-state index in [-0.39, 0.29) is 0 Å². The highest BCUT2D eigenvalue weighted by Crippen LogP contribution is 2.27. The minimum absolute atomic E-state index is 0.497. The summed E-state index contributed by atoms with van der Waals surface area (Å²) in [6, 6.07) is 8.53. The van der Waals surface area contributed by atoms with E-state index in [0.29, 0.717) is 6.10 Å². The second-order valence-electron chi connectivity index (χ2n) is 4.42. The van der Waals surface area contributed by atoms with Gasteiger partial charge in [0, 0.05) is 0 Å². The molecule has 0 spiro atoms. The van der Waals surface area contributed by atoms with E-state index in [9.17, 15) is 0 Å². The third-order valence-electron chi connectivity index (χ3n) is 2.79. The molecule has 16 heavy (non-hydrogen) atoms. The number of rotatable bonds is 7. The quantitative estimate of drug-likeness (QED) is 0.712. The first-order valence-corrected chi connectivity index (χ1v) is 6.35. The molecule has 1 fully saturated rings. The van der Waals surface area contributed by atoms with Gasteiger partial charge >= 0.3 is 0 Å². The molecule has 1 aliphatic rings. The third-order valence-corrected chi connectivity index (χ3v) is 2.79. The zero-order chi connectivity index (χ0) is 11.2. The summed E-state index contributed by atoms with van der Waals surface area (Å²) in [6.45, 7) is 4.30.